The van der Waals surface area contributed by atoms with E-state index in [1.54, 1.807) is 4.90 Å². The van der Waals surface area contributed by atoms with Crippen LogP contribution < -0.4 is 4.90 Å². The van der Waals surface area contributed by atoms with Gasteiger partial charge in [0.25, 0.3) is 0 Å². The summed E-state index contributed by atoms with van der Waals surface area (Å²) in [4.78, 5) is 28.3. The number of aromatic nitrogens is 1. The summed E-state index contributed by atoms with van der Waals surface area (Å²) in [5.74, 6) is -0.553. The molecule has 0 aromatic carbocycles. The minimum Gasteiger partial charge on any atom is -0.476 e. The summed E-state index contributed by atoms with van der Waals surface area (Å²) in [7, 11) is -3.33. The molecule has 1 atom stereocenters. The highest BCUT2D eigenvalue weighted by molar-refractivity contribution is 8.01. The van der Waals surface area contributed by atoms with Gasteiger partial charge >= 0.3 is 5.97 Å². The van der Waals surface area contributed by atoms with E-state index in [0.717, 1.165) is 23.3 Å². The molecule has 2 heterocycles. The van der Waals surface area contributed by atoms with Crippen molar-refractivity contribution in [1.29, 1.82) is 0 Å². The number of nitrogens with zero attached hydrogens (tertiary/aromatic N) is 2. The summed E-state index contributed by atoms with van der Waals surface area (Å²) < 4.78 is 23.7. The highest BCUT2D eigenvalue weighted by Crippen LogP contribution is 2.32. The van der Waals surface area contributed by atoms with E-state index in [1.165, 1.54) is 18.7 Å². The van der Waals surface area contributed by atoms with Gasteiger partial charge in [-0.05, 0) is 0 Å². The predicted molar refractivity (Wildman–Crippen MR) is 82.4 cm³/mol. The van der Waals surface area contributed by atoms with Crippen LogP contribution >= 0.6 is 23.1 Å². The number of sulfone groups is 1. The maximum Gasteiger partial charge on any atom is 0.356 e. The molecule has 116 valence electrons. The standard InChI is InChI=1S/C11H14N2O5S3/c1-6(14)9-8(10(15)16)12-11(20-9)13-3-4-19-5-7(13)21(2,17)18/h7H,3-5H2,1-2H3,(H,15,16). The first-order valence-corrected chi connectivity index (χ1v) is 9.92. The molecule has 1 aromatic rings. The number of Topliss-reactive ketones (excluding diaryl/α,β-unsaturated/α-hetero) is 1. The summed E-state index contributed by atoms with van der Waals surface area (Å²) in [5.41, 5.74) is -0.312. The van der Waals surface area contributed by atoms with Gasteiger partial charge < -0.3 is 10.0 Å². The van der Waals surface area contributed by atoms with Crippen molar-refractivity contribution in [3.63, 3.8) is 0 Å². The molecule has 10 heteroatoms. The van der Waals surface area contributed by atoms with Crippen LogP contribution in [0.4, 0.5) is 5.13 Å². The van der Waals surface area contributed by atoms with Crippen molar-refractivity contribution in [2.24, 2.45) is 0 Å². The fourth-order valence-electron chi connectivity index (χ4n) is 1.97. The Labute approximate surface area is 130 Å². The van der Waals surface area contributed by atoms with Gasteiger partial charge in [-0.1, -0.05) is 11.3 Å². The number of thioether (sulfide) groups is 1. The van der Waals surface area contributed by atoms with Gasteiger partial charge in [0.05, 0.1) is 0 Å². The molecule has 1 aliphatic heterocycles. The molecule has 0 aliphatic carbocycles. The lowest BCUT2D eigenvalue weighted by Gasteiger charge is -2.33. The van der Waals surface area contributed by atoms with E-state index in [0.29, 0.717) is 12.3 Å². The molecule has 0 bridgehead atoms. The van der Waals surface area contributed by atoms with Crippen LogP contribution in [-0.2, 0) is 9.84 Å². The van der Waals surface area contributed by atoms with Gasteiger partial charge in [0.15, 0.2) is 26.4 Å². The van der Waals surface area contributed by atoms with Gasteiger partial charge in [0.1, 0.15) is 10.3 Å². The summed E-state index contributed by atoms with van der Waals surface area (Å²) in [6, 6.07) is 0. The number of carbonyl (C=O) groups excluding carboxylic acids is 1. The Balaban J connectivity index is 2.47. The molecule has 0 amide bonds. The number of rotatable bonds is 4. The van der Waals surface area contributed by atoms with Crippen LogP contribution in [0, 0.1) is 0 Å². The number of carboxylic acid groups (broad SMARTS) is 1. The topological polar surface area (TPSA) is 105 Å². The zero-order valence-corrected chi connectivity index (χ0v) is 13.8. The largest absolute Gasteiger partial charge is 0.476 e. The molecule has 2 rings (SSSR count). The maximum absolute atomic E-state index is 11.9. The maximum atomic E-state index is 11.9. The number of carbonyl (C=O) groups is 2. The molecule has 0 radical (unpaired) electrons. The second-order valence-electron chi connectivity index (χ2n) is 4.59. The van der Waals surface area contributed by atoms with Crippen molar-refractivity contribution in [2.45, 2.75) is 12.3 Å². The van der Waals surface area contributed by atoms with Crippen molar-refractivity contribution in [2.75, 3.05) is 29.2 Å². The number of carboxylic acids is 1. The van der Waals surface area contributed by atoms with Crippen LogP contribution in [0.2, 0.25) is 0 Å². The third kappa shape index (κ3) is 3.38. The number of thiazole rings is 1. The van der Waals surface area contributed by atoms with Gasteiger partial charge in [-0.25, -0.2) is 18.2 Å². The minimum atomic E-state index is -3.33. The number of anilines is 1. The lowest BCUT2D eigenvalue weighted by Crippen LogP contribution is -2.47. The lowest BCUT2D eigenvalue weighted by molar-refractivity contribution is 0.0687. The molecule has 7 nitrogen and oxygen atoms in total. The van der Waals surface area contributed by atoms with E-state index >= 15 is 0 Å². The number of hydrogen-bond acceptors (Lipinski definition) is 8. The van der Waals surface area contributed by atoms with Crippen LogP contribution in [0.1, 0.15) is 27.1 Å². The Hall–Kier alpha value is -1.13. The Kier molecular flexibility index (Phi) is 4.59. The van der Waals surface area contributed by atoms with E-state index in [1.807, 2.05) is 0 Å². The van der Waals surface area contributed by atoms with Crippen molar-refractivity contribution >= 4 is 49.8 Å². The highest BCUT2D eigenvalue weighted by atomic mass is 32.2. The molecule has 1 saturated heterocycles. The monoisotopic (exact) mass is 350 g/mol. The highest BCUT2D eigenvalue weighted by Gasteiger charge is 2.34. The second-order valence-corrected chi connectivity index (χ2v) is 8.92. The molecule has 1 N–H and O–H groups in total. The van der Waals surface area contributed by atoms with Crippen LogP contribution in [-0.4, -0.2) is 59.9 Å². The van der Waals surface area contributed by atoms with E-state index < -0.39 is 27.0 Å². The summed E-state index contributed by atoms with van der Waals surface area (Å²) in [6.07, 6.45) is 1.15. The van der Waals surface area contributed by atoms with Crippen molar-refractivity contribution in [3.8, 4) is 0 Å². The van der Waals surface area contributed by atoms with Crippen LogP contribution in [0.15, 0.2) is 0 Å². The van der Waals surface area contributed by atoms with Crippen LogP contribution in [0.5, 0.6) is 0 Å². The van der Waals surface area contributed by atoms with Gasteiger partial charge in [-0.3, -0.25) is 4.79 Å². The minimum absolute atomic E-state index is 0.0444. The van der Waals surface area contributed by atoms with E-state index in [-0.39, 0.29) is 15.7 Å². The molecule has 1 aromatic heterocycles. The summed E-state index contributed by atoms with van der Waals surface area (Å²) in [5, 5.41) is 8.63. The van der Waals surface area contributed by atoms with Gasteiger partial charge in [-0.2, -0.15) is 11.8 Å². The predicted octanol–water partition coefficient (Wildman–Crippen LogP) is 0.968. The second kappa shape index (κ2) is 5.93. The average molecular weight is 350 g/mol. The smallest absolute Gasteiger partial charge is 0.356 e. The average Bonchev–Trinajstić information content (AvgIpc) is 2.83. The Morgan fingerprint density at radius 3 is 2.57 bits per heavy atom. The van der Waals surface area contributed by atoms with E-state index in [2.05, 4.69) is 4.98 Å². The first-order chi connectivity index (χ1) is 9.71. The Bertz CT molecular complexity index is 651. The first kappa shape index (κ1) is 16.2. The van der Waals surface area contributed by atoms with Gasteiger partial charge in [0, 0.05) is 31.2 Å². The molecule has 1 unspecified atom stereocenters. The molecule has 0 saturated carbocycles. The van der Waals surface area contributed by atoms with Crippen molar-refractivity contribution < 1.29 is 23.1 Å². The number of hydrogen-bond donors (Lipinski definition) is 1. The van der Waals surface area contributed by atoms with Crippen molar-refractivity contribution in [3.05, 3.63) is 10.6 Å². The fourth-order valence-corrected chi connectivity index (χ4v) is 5.88. The molecular weight excluding hydrogens is 336 g/mol. The third-order valence-corrected chi connectivity index (χ3v) is 6.80. The van der Waals surface area contributed by atoms with E-state index in [4.69, 9.17) is 5.11 Å². The molecular formula is C11H14N2O5S3. The first-order valence-electron chi connectivity index (χ1n) is 6.00. The van der Waals surface area contributed by atoms with Crippen LogP contribution in [0.3, 0.4) is 0 Å². The van der Waals surface area contributed by atoms with Gasteiger partial charge in [-0.15, -0.1) is 0 Å². The number of ketones is 1. The third-order valence-electron chi connectivity index (χ3n) is 2.96. The van der Waals surface area contributed by atoms with Crippen LogP contribution in [0.25, 0.3) is 0 Å². The Morgan fingerprint density at radius 1 is 1.43 bits per heavy atom. The summed E-state index contributed by atoms with van der Waals surface area (Å²) in [6.45, 7) is 1.72. The van der Waals surface area contributed by atoms with Gasteiger partial charge in [0.2, 0.25) is 0 Å². The SMILES string of the molecule is CC(=O)c1sc(N2CCSCC2S(C)(=O)=O)nc1C(=O)O. The zero-order chi connectivity index (χ0) is 15.8. The molecule has 21 heavy (non-hydrogen) atoms. The number of aromatic carboxylic acids is 1. The summed E-state index contributed by atoms with van der Waals surface area (Å²) >= 11 is 2.46. The molecule has 0 spiro atoms. The normalized spacial score (nSPS) is 19.5. The fraction of sp³-hybridized carbons (Fsp3) is 0.545. The van der Waals surface area contributed by atoms with E-state index in [9.17, 15) is 18.0 Å². The lowest BCUT2D eigenvalue weighted by atomic mass is 10.3. The quantitative estimate of drug-likeness (QED) is 0.801. The molecule has 1 fully saturated rings. The van der Waals surface area contributed by atoms with Crippen molar-refractivity contribution in [1.82, 2.24) is 4.98 Å². The Morgan fingerprint density at radius 2 is 2.10 bits per heavy atom. The zero-order valence-electron chi connectivity index (χ0n) is 11.4. The molecule has 1 aliphatic rings.